The van der Waals surface area contributed by atoms with Crippen molar-refractivity contribution in [3.05, 3.63) is 413 Å². The van der Waals surface area contributed by atoms with Gasteiger partial charge in [-0.2, -0.15) is 0 Å². The van der Waals surface area contributed by atoms with Crippen LogP contribution in [0, 0.1) is 0 Å². The van der Waals surface area contributed by atoms with Gasteiger partial charge in [0.1, 0.15) is 0 Å². The van der Waals surface area contributed by atoms with E-state index in [4.69, 9.17) is 4.98 Å². The number of fused-ring (bicyclic) bond motifs is 20. The van der Waals surface area contributed by atoms with Gasteiger partial charge in [0.05, 0.1) is 31.7 Å². The fraction of sp³-hybridized carbons (Fsp3) is 0. The Kier molecular flexibility index (Phi) is 17.7. The normalized spacial score (nSPS) is 11.7. The second-order valence-corrected chi connectivity index (χ2v) is 34.5. The molecule has 7 aromatic heterocycles. The lowest BCUT2D eigenvalue weighted by Crippen LogP contribution is -1.89. The standard InChI is InChI=1S/C32H20S.C31H19NS.C25H15NS.C24H14N2S/c1-2-10-21(11-3-1)22-12-8-13-23(20-22)32-31-28-17-7-6-16-26(28)24-14-4-5-15-25(24)27-18-9-19-29(33-32)30(27)31;1-2-10-20(11-3-1)26-17-9-18-27(32-26)31-30-25-15-7-6-14-23(25)21-12-4-5-13-22(21)24-16-8-19-28(33-31)29(24)30;1-2-9-17-16(8-1)18-10-3-4-11-20(18)24-23-19(17)12-7-14-22(23)27-25(24)21-13-5-6-15-26-21;1-2-8-16-15(7-1)17-9-3-4-10-19(17)22-21-18(16)11-5-12-20(21)27-23(22)24-25-13-6-14-26-24/h1-20H;1-19H;1-15H;1-14H. The molecule has 0 spiro atoms. The molecule has 4 aliphatic rings. The first kappa shape index (κ1) is 70.9. The molecule has 0 aliphatic heterocycles. The third kappa shape index (κ3) is 12.0. The fourth-order valence-electron chi connectivity index (χ4n) is 18.5. The minimum Gasteiger partial charge on any atom is -0.255 e. The molecule has 26 rings (SSSR count). The minimum atomic E-state index is 0.792. The van der Waals surface area contributed by atoms with E-state index in [0.29, 0.717) is 0 Å². The van der Waals surface area contributed by atoms with Crippen LogP contribution in [0.4, 0.5) is 0 Å². The van der Waals surface area contributed by atoms with Crippen molar-refractivity contribution in [2.24, 2.45) is 0 Å². The molecule has 7 heterocycles. The summed E-state index contributed by atoms with van der Waals surface area (Å²) in [6, 6.07) is 141. The van der Waals surface area contributed by atoms with Gasteiger partial charge >= 0.3 is 0 Å². The Labute approximate surface area is 711 Å². The number of nitrogens with zero attached hydrogens (tertiary/aromatic N) is 4. The molecule has 0 amide bonds. The van der Waals surface area contributed by atoms with E-state index >= 15 is 0 Å². The van der Waals surface area contributed by atoms with Crippen LogP contribution in [0.15, 0.2) is 413 Å². The van der Waals surface area contributed by atoms with Crippen LogP contribution in [0.25, 0.3) is 239 Å². The molecule has 0 saturated heterocycles. The summed E-state index contributed by atoms with van der Waals surface area (Å²) in [5.41, 5.74) is 39.1. The monoisotopic (exact) mass is 1600 g/mol. The maximum atomic E-state index is 5.13. The Morgan fingerprint density at radius 3 is 0.833 bits per heavy atom. The fourth-order valence-corrected chi connectivity index (χ4v) is 23.4. The zero-order chi connectivity index (χ0) is 79.1. The maximum Gasteiger partial charge on any atom is 0.170 e. The number of hydrogen-bond acceptors (Lipinski definition) is 8. The van der Waals surface area contributed by atoms with E-state index in [-0.39, 0.29) is 0 Å². The number of aromatic nitrogens is 4. The number of benzene rings is 15. The quantitative estimate of drug-likeness (QED) is 0.166. The van der Waals surface area contributed by atoms with Gasteiger partial charge in [-0.25, -0.2) is 15.0 Å². The van der Waals surface area contributed by atoms with Crippen LogP contribution in [0.1, 0.15) is 0 Å². The van der Waals surface area contributed by atoms with Gasteiger partial charge in [0.15, 0.2) is 5.82 Å². The number of rotatable bonds is 6. The zero-order valence-electron chi connectivity index (χ0n) is 64.7. The maximum absolute atomic E-state index is 5.13. The largest absolute Gasteiger partial charge is 0.255 e. The summed E-state index contributed by atoms with van der Waals surface area (Å²) in [5, 5.41) is 5.37. The molecule has 0 saturated carbocycles. The van der Waals surface area contributed by atoms with Gasteiger partial charge < -0.3 is 0 Å². The van der Waals surface area contributed by atoms with E-state index in [9.17, 15) is 0 Å². The number of pyridine rings is 2. The van der Waals surface area contributed by atoms with Gasteiger partial charge in [-0.1, -0.05) is 334 Å². The molecule has 0 fully saturated rings. The summed E-state index contributed by atoms with van der Waals surface area (Å²) in [6.45, 7) is 0. The lowest BCUT2D eigenvalue weighted by atomic mass is 9.93. The molecule has 560 valence electrons. The summed E-state index contributed by atoms with van der Waals surface area (Å²) in [7, 11) is 0. The average molecular weight is 1600 g/mol. The molecule has 8 heteroatoms. The van der Waals surface area contributed by atoms with Gasteiger partial charge in [-0.15, -0.1) is 45.3 Å². The lowest BCUT2D eigenvalue weighted by Gasteiger charge is -2.12. The van der Waals surface area contributed by atoms with Crippen molar-refractivity contribution in [3.63, 3.8) is 0 Å². The smallest absolute Gasteiger partial charge is 0.170 e. The first-order valence-corrected chi connectivity index (χ1v) is 43.7. The predicted molar refractivity (Wildman–Crippen MR) is 511 cm³/mol. The SMILES string of the molecule is c1ccc(-c2cccc(-c3sc4cccc5c4c3-c3ccccc3-c3ccccc3-5)c2)cc1.c1ccc(-c2cccc(-c3sc4cccc5c4c3-c3ccccc3-c3ccccc3-5)n2)cc1.c1ccc(-c2sc3cccc4c3c2-c2ccccc2-c2ccccc2-4)nc1.c1cnc(-c2sc3cccc4c3c2-c2ccccc2-c2ccccc2-4)nc1. The van der Waals surface area contributed by atoms with Crippen molar-refractivity contribution in [1.82, 2.24) is 19.9 Å². The minimum absolute atomic E-state index is 0.792. The molecule has 0 radical (unpaired) electrons. The molecule has 0 unspecified atom stereocenters. The lowest BCUT2D eigenvalue weighted by molar-refractivity contribution is 1.19. The van der Waals surface area contributed by atoms with E-state index < -0.39 is 0 Å². The molecule has 15 aromatic carbocycles. The van der Waals surface area contributed by atoms with E-state index in [1.54, 1.807) is 11.3 Å². The Hall–Kier alpha value is -14.5. The van der Waals surface area contributed by atoms with Gasteiger partial charge in [-0.05, 0) is 189 Å². The molecule has 0 atom stereocenters. The molecular formula is C112H68N4S4. The highest BCUT2D eigenvalue weighted by Gasteiger charge is 2.32. The second kappa shape index (κ2) is 29.9. The van der Waals surface area contributed by atoms with Gasteiger partial charge in [0.25, 0.3) is 0 Å². The Morgan fingerprint density at radius 1 is 0.158 bits per heavy atom. The van der Waals surface area contributed by atoms with E-state index in [2.05, 4.69) is 391 Å². The second-order valence-electron chi connectivity index (χ2n) is 30.3. The van der Waals surface area contributed by atoms with Crippen LogP contribution in [0.2, 0.25) is 0 Å². The Morgan fingerprint density at radius 2 is 0.425 bits per heavy atom. The van der Waals surface area contributed by atoms with Crippen molar-refractivity contribution >= 4 is 85.7 Å². The zero-order valence-corrected chi connectivity index (χ0v) is 67.9. The summed E-state index contributed by atoms with van der Waals surface area (Å²) in [4.78, 5) is 23.9. The number of thiophene rings is 4. The van der Waals surface area contributed by atoms with Crippen molar-refractivity contribution in [1.29, 1.82) is 0 Å². The highest BCUT2D eigenvalue weighted by atomic mass is 32.1. The molecular weight excluding hydrogens is 1530 g/mol. The predicted octanol–water partition coefficient (Wildman–Crippen LogP) is 32.4. The average Bonchev–Trinajstić information content (AvgIpc) is 1.59. The van der Waals surface area contributed by atoms with Crippen molar-refractivity contribution < 1.29 is 0 Å². The Bertz CT molecular complexity index is 7330. The third-order valence-corrected chi connectivity index (χ3v) is 28.3. The van der Waals surface area contributed by atoms with E-state index in [1.807, 2.05) is 70.8 Å². The highest BCUT2D eigenvalue weighted by molar-refractivity contribution is 7.24. The Balaban J connectivity index is 0.0000000938. The van der Waals surface area contributed by atoms with Crippen LogP contribution >= 0.6 is 45.3 Å². The van der Waals surface area contributed by atoms with Crippen LogP contribution in [-0.2, 0) is 0 Å². The topological polar surface area (TPSA) is 51.6 Å². The summed E-state index contributed by atoms with van der Waals surface area (Å²) in [5.74, 6) is 0.792. The first-order valence-electron chi connectivity index (χ1n) is 40.5. The van der Waals surface area contributed by atoms with Crippen molar-refractivity contribution in [2.45, 2.75) is 0 Å². The van der Waals surface area contributed by atoms with Crippen molar-refractivity contribution in [3.8, 4) is 198 Å². The molecule has 22 aromatic rings. The van der Waals surface area contributed by atoms with Gasteiger partial charge in [-0.3, -0.25) is 4.98 Å². The first-order chi connectivity index (χ1) is 59.6. The van der Waals surface area contributed by atoms with Gasteiger partial charge in [0, 0.05) is 91.6 Å². The summed E-state index contributed by atoms with van der Waals surface area (Å²) in [6.07, 6.45) is 5.51. The summed E-state index contributed by atoms with van der Waals surface area (Å²) >= 11 is 7.37. The molecule has 0 bridgehead atoms. The third-order valence-electron chi connectivity index (χ3n) is 23.6. The summed E-state index contributed by atoms with van der Waals surface area (Å²) < 4.78 is 5.23. The van der Waals surface area contributed by atoms with Crippen LogP contribution < -0.4 is 0 Å². The molecule has 4 nitrogen and oxygen atoms in total. The van der Waals surface area contributed by atoms with E-state index in [1.165, 1.54) is 205 Å². The van der Waals surface area contributed by atoms with E-state index in [0.717, 1.165) is 33.3 Å². The van der Waals surface area contributed by atoms with Crippen LogP contribution in [0.3, 0.4) is 0 Å². The van der Waals surface area contributed by atoms with Crippen LogP contribution in [0.5, 0.6) is 0 Å². The van der Waals surface area contributed by atoms with Gasteiger partial charge in [0.2, 0.25) is 0 Å². The molecule has 0 N–H and O–H groups in total. The number of hydrogen-bond donors (Lipinski definition) is 0. The highest BCUT2D eigenvalue weighted by Crippen LogP contribution is 2.59. The molecule has 120 heavy (non-hydrogen) atoms. The molecule has 4 aliphatic carbocycles. The van der Waals surface area contributed by atoms with Crippen molar-refractivity contribution in [2.75, 3.05) is 0 Å². The van der Waals surface area contributed by atoms with Crippen LogP contribution in [-0.4, -0.2) is 19.9 Å².